The summed E-state index contributed by atoms with van der Waals surface area (Å²) in [5.41, 5.74) is 3.49. The molecule has 0 radical (unpaired) electrons. The number of carbonyl (C=O) groups is 1. The fourth-order valence-corrected chi connectivity index (χ4v) is 4.59. The molecule has 1 unspecified atom stereocenters. The van der Waals surface area contributed by atoms with E-state index in [9.17, 15) is 4.79 Å². The number of aromatic nitrogens is 1. The Balaban J connectivity index is 2.05. The van der Waals surface area contributed by atoms with E-state index in [2.05, 4.69) is 56.0 Å². The van der Waals surface area contributed by atoms with Gasteiger partial charge < -0.3 is 14.7 Å². The van der Waals surface area contributed by atoms with Crippen LogP contribution in [0.3, 0.4) is 0 Å². The summed E-state index contributed by atoms with van der Waals surface area (Å²) in [4.78, 5) is 15.8. The first kappa shape index (κ1) is 22.2. The summed E-state index contributed by atoms with van der Waals surface area (Å²) in [5, 5.41) is 4.88. The Morgan fingerprint density at radius 3 is 2.66 bits per heavy atom. The largest absolute Gasteiger partial charge is 0.406 e. The lowest BCUT2D eigenvalue weighted by molar-refractivity contribution is -0.121. The zero-order valence-corrected chi connectivity index (χ0v) is 20.4. The van der Waals surface area contributed by atoms with Crippen LogP contribution in [0.15, 0.2) is 6.07 Å². The molecule has 156 valence electrons. The van der Waals surface area contributed by atoms with E-state index in [0.717, 1.165) is 34.1 Å². The second kappa shape index (κ2) is 8.00. The topological polar surface area (TPSA) is 54.1 Å². The van der Waals surface area contributed by atoms with Crippen LogP contribution in [0, 0.1) is 11.8 Å². The van der Waals surface area contributed by atoms with E-state index in [1.54, 1.807) is 6.07 Å². The van der Waals surface area contributed by atoms with Crippen molar-refractivity contribution in [1.29, 1.82) is 0 Å². The third-order valence-electron chi connectivity index (χ3n) is 6.12. The van der Waals surface area contributed by atoms with Gasteiger partial charge >= 0.3 is 0 Å². The Morgan fingerprint density at radius 1 is 1.31 bits per heavy atom. The molecule has 1 atom stereocenters. The molecule has 2 heterocycles. The lowest BCUT2D eigenvalue weighted by atomic mass is 9.94. The molecule has 0 fully saturated rings. The van der Waals surface area contributed by atoms with Gasteiger partial charge in [-0.05, 0) is 36.7 Å². The lowest BCUT2D eigenvalue weighted by Gasteiger charge is -2.35. The molecular formula is C22H28Cl2N2O2Si. The van der Waals surface area contributed by atoms with E-state index in [-0.39, 0.29) is 16.9 Å². The maximum atomic E-state index is 12.4. The first-order valence-electron chi connectivity index (χ1n) is 9.87. The van der Waals surface area contributed by atoms with Crippen LogP contribution >= 0.6 is 23.2 Å². The van der Waals surface area contributed by atoms with Gasteiger partial charge in [-0.25, -0.2) is 0 Å². The van der Waals surface area contributed by atoms with Crippen LogP contribution < -0.4 is 5.32 Å². The fraction of sp³-hybridized carbons (Fsp3) is 0.500. The Labute approximate surface area is 183 Å². The highest BCUT2D eigenvalue weighted by Crippen LogP contribution is 2.40. The second-order valence-electron chi connectivity index (χ2n) is 9.10. The molecule has 2 N–H and O–H groups in total. The van der Waals surface area contributed by atoms with Crippen molar-refractivity contribution in [3.63, 3.8) is 0 Å². The normalized spacial score (nSPS) is 17.4. The van der Waals surface area contributed by atoms with Gasteiger partial charge in [0, 0.05) is 29.6 Å². The first-order chi connectivity index (χ1) is 13.4. The highest BCUT2D eigenvalue weighted by atomic mass is 35.5. The summed E-state index contributed by atoms with van der Waals surface area (Å²) >= 11 is 12.9. The molecule has 0 saturated carbocycles. The molecule has 0 spiro atoms. The zero-order valence-electron chi connectivity index (χ0n) is 17.8. The Kier molecular flexibility index (Phi) is 6.13. The molecule has 1 aliphatic heterocycles. The minimum absolute atomic E-state index is 0.0101. The average molecular weight is 451 g/mol. The van der Waals surface area contributed by atoms with Crippen molar-refractivity contribution < 1.29 is 9.22 Å². The molecule has 1 amide bonds. The monoisotopic (exact) mass is 450 g/mol. The van der Waals surface area contributed by atoms with Gasteiger partial charge in [0.2, 0.25) is 5.91 Å². The van der Waals surface area contributed by atoms with Crippen LogP contribution in [-0.4, -0.2) is 32.4 Å². The van der Waals surface area contributed by atoms with Crippen LogP contribution in [0.25, 0.3) is 10.9 Å². The van der Waals surface area contributed by atoms with Gasteiger partial charge in [0.15, 0.2) is 8.32 Å². The number of aromatic amines is 1. The van der Waals surface area contributed by atoms with E-state index < -0.39 is 8.32 Å². The molecule has 0 saturated heterocycles. The van der Waals surface area contributed by atoms with Crippen molar-refractivity contribution in [2.75, 3.05) is 13.2 Å². The third kappa shape index (κ3) is 4.22. The van der Waals surface area contributed by atoms with Crippen molar-refractivity contribution in [2.45, 2.75) is 58.2 Å². The zero-order chi connectivity index (χ0) is 21.6. The number of nitrogens with one attached hydrogen (secondary N) is 2. The van der Waals surface area contributed by atoms with Gasteiger partial charge in [-0.15, -0.1) is 0 Å². The number of rotatable bonds is 2. The maximum absolute atomic E-state index is 12.4. The van der Waals surface area contributed by atoms with Crippen LogP contribution in [0.2, 0.25) is 28.2 Å². The van der Waals surface area contributed by atoms with Crippen LogP contribution in [0.1, 0.15) is 50.4 Å². The standard InChI is InChI=1S/C22H28Cl2N2O2Si/c1-13-17-16(9-10-25-21(13)27)26-20-18(17)14(12-15(23)19(20)24)8-7-11-28-29(5,6)22(2,3)4/h12-13,26H,9-11H2,1-6H3,(H,25,27). The van der Waals surface area contributed by atoms with Crippen LogP contribution in [0.5, 0.6) is 0 Å². The van der Waals surface area contributed by atoms with Crippen molar-refractivity contribution >= 4 is 48.3 Å². The molecule has 4 nitrogen and oxygen atoms in total. The summed E-state index contributed by atoms with van der Waals surface area (Å²) in [6.07, 6.45) is 0.718. The number of halogens is 2. The highest BCUT2D eigenvalue weighted by Gasteiger charge is 2.36. The molecule has 29 heavy (non-hydrogen) atoms. The van der Waals surface area contributed by atoms with E-state index in [4.69, 9.17) is 27.6 Å². The fourth-order valence-electron chi connectivity index (χ4n) is 3.33. The van der Waals surface area contributed by atoms with E-state index >= 15 is 0 Å². The predicted molar refractivity (Wildman–Crippen MR) is 123 cm³/mol. The second-order valence-corrected chi connectivity index (χ2v) is 14.7. The molecule has 0 aliphatic carbocycles. The van der Waals surface area contributed by atoms with Gasteiger partial charge in [-0.3, -0.25) is 4.79 Å². The third-order valence-corrected chi connectivity index (χ3v) is 11.4. The Hall–Kier alpha value is -1.45. The molecule has 0 bridgehead atoms. The minimum Gasteiger partial charge on any atom is -0.406 e. The van der Waals surface area contributed by atoms with Crippen LogP contribution in [-0.2, 0) is 15.6 Å². The van der Waals surface area contributed by atoms with E-state index in [0.29, 0.717) is 23.2 Å². The van der Waals surface area contributed by atoms with Gasteiger partial charge in [0.25, 0.3) is 0 Å². The Bertz CT molecular complexity index is 1030. The molecule has 1 aromatic carbocycles. The summed E-state index contributed by atoms with van der Waals surface area (Å²) < 4.78 is 6.17. The number of carbonyl (C=O) groups excluding carboxylic acids is 1. The van der Waals surface area contributed by atoms with Crippen molar-refractivity contribution in [1.82, 2.24) is 10.3 Å². The number of hydrogen-bond donors (Lipinski definition) is 2. The SMILES string of the molecule is CC1C(=O)NCCc2[nH]c3c(Cl)c(Cl)cc(C#CCO[Si](C)(C)C(C)(C)C)c3c21. The van der Waals surface area contributed by atoms with Gasteiger partial charge in [-0.2, -0.15) is 0 Å². The molecule has 1 aliphatic rings. The number of benzene rings is 1. The predicted octanol–water partition coefficient (Wildman–Crippen LogP) is 5.62. The highest BCUT2D eigenvalue weighted by molar-refractivity contribution is 6.74. The van der Waals surface area contributed by atoms with Crippen LogP contribution in [0.4, 0.5) is 0 Å². The quantitative estimate of drug-likeness (QED) is 0.460. The minimum atomic E-state index is -1.86. The maximum Gasteiger partial charge on any atom is 0.227 e. The average Bonchev–Trinajstić information content (AvgIpc) is 2.94. The summed E-state index contributed by atoms with van der Waals surface area (Å²) in [6, 6.07) is 1.79. The Morgan fingerprint density at radius 2 is 2.00 bits per heavy atom. The van der Waals surface area contributed by atoms with Crippen molar-refractivity contribution in [3.05, 3.63) is 32.9 Å². The van der Waals surface area contributed by atoms with Gasteiger partial charge in [0.05, 0.1) is 28.1 Å². The van der Waals surface area contributed by atoms with E-state index in [1.165, 1.54) is 0 Å². The summed E-state index contributed by atoms with van der Waals surface area (Å²) in [7, 11) is -1.86. The van der Waals surface area contributed by atoms with Crippen molar-refractivity contribution in [2.24, 2.45) is 0 Å². The molecule has 1 aromatic heterocycles. The molecule has 2 aromatic rings. The van der Waals surface area contributed by atoms with Gasteiger partial charge in [-0.1, -0.05) is 55.8 Å². The molecule has 3 rings (SSSR count). The number of H-pyrrole nitrogens is 1. The summed E-state index contributed by atoms with van der Waals surface area (Å²) in [5.74, 6) is 6.10. The van der Waals surface area contributed by atoms with Gasteiger partial charge in [0.1, 0.15) is 0 Å². The van der Waals surface area contributed by atoms with E-state index in [1.807, 2.05) is 6.92 Å². The smallest absolute Gasteiger partial charge is 0.227 e. The summed E-state index contributed by atoms with van der Waals surface area (Å²) in [6.45, 7) is 13.9. The number of amides is 1. The number of hydrogen-bond acceptors (Lipinski definition) is 2. The molecule has 7 heteroatoms. The first-order valence-corrected chi connectivity index (χ1v) is 13.5. The van der Waals surface area contributed by atoms with Crippen molar-refractivity contribution in [3.8, 4) is 11.8 Å². The molecular weight excluding hydrogens is 423 g/mol. The number of fused-ring (bicyclic) bond motifs is 3. The lowest BCUT2D eigenvalue weighted by Crippen LogP contribution is -2.40.